The van der Waals surface area contributed by atoms with Gasteiger partial charge in [-0.1, -0.05) is 11.6 Å². The van der Waals surface area contributed by atoms with Crippen LogP contribution in [-0.2, 0) is 9.59 Å². The molecule has 1 fully saturated rings. The van der Waals surface area contributed by atoms with Crippen LogP contribution in [0.1, 0.15) is 6.42 Å². The van der Waals surface area contributed by atoms with E-state index in [0.717, 1.165) is 0 Å². The molecule has 1 aliphatic rings. The van der Waals surface area contributed by atoms with Crippen molar-refractivity contribution in [2.75, 3.05) is 26.7 Å². The Morgan fingerprint density at radius 3 is 2.75 bits per heavy atom. The number of carbonyl (C=O) groups excluding carboxylic acids is 2. The van der Waals surface area contributed by atoms with Crippen molar-refractivity contribution >= 4 is 23.4 Å². The third kappa shape index (κ3) is 3.87. The van der Waals surface area contributed by atoms with Gasteiger partial charge in [-0.3, -0.25) is 9.59 Å². The second-order valence-corrected chi connectivity index (χ2v) is 5.20. The first-order chi connectivity index (χ1) is 9.56. The van der Waals surface area contributed by atoms with Crippen LogP contribution >= 0.6 is 11.6 Å². The SMILES string of the molecule is CN(CCOc1ccc(Cl)cc1)C(=O)C1CNC(=O)C1. The summed E-state index contributed by atoms with van der Waals surface area (Å²) in [5, 5.41) is 3.32. The monoisotopic (exact) mass is 296 g/mol. The topological polar surface area (TPSA) is 58.6 Å². The van der Waals surface area contributed by atoms with Crippen LogP contribution in [0.25, 0.3) is 0 Å². The van der Waals surface area contributed by atoms with Gasteiger partial charge in [0, 0.05) is 25.0 Å². The van der Waals surface area contributed by atoms with Crippen LogP contribution in [0.5, 0.6) is 5.75 Å². The van der Waals surface area contributed by atoms with Gasteiger partial charge in [-0.2, -0.15) is 0 Å². The van der Waals surface area contributed by atoms with Crippen LogP contribution in [0.2, 0.25) is 5.02 Å². The zero-order valence-electron chi connectivity index (χ0n) is 11.3. The Morgan fingerprint density at radius 2 is 2.15 bits per heavy atom. The second-order valence-electron chi connectivity index (χ2n) is 4.77. The largest absolute Gasteiger partial charge is 0.492 e. The van der Waals surface area contributed by atoms with Crippen LogP contribution in [0.15, 0.2) is 24.3 Å². The van der Waals surface area contributed by atoms with Crippen molar-refractivity contribution in [3.05, 3.63) is 29.3 Å². The first kappa shape index (κ1) is 14.7. The zero-order chi connectivity index (χ0) is 14.5. The molecular weight excluding hydrogens is 280 g/mol. The highest BCUT2D eigenvalue weighted by atomic mass is 35.5. The average Bonchev–Trinajstić information content (AvgIpc) is 2.86. The maximum Gasteiger partial charge on any atom is 0.227 e. The van der Waals surface area contributed by atoms with Crippen molar-refractivity contribution in [1.29, 1.82) is 0 Å². The van der Waals surface area contributed by atoms with E-state index in [9.17, 15) is 9.59 Å². The summed E-state index contributed by atoms with van der Waals surface area (Å²) in [4.78, 5) is 24.7. The molecule has 108 valence electrons. The van der Waals surface area contributed by atoms with E-state index in [2.05, 4.69) is 5.32 Å². The van der Waals surface area contributed by atoms with Gasteiger partial charge in [0.2, 0.25) is 11.8 Å². The predicted octanol–water partition coefficient (Wildman–Crippen LogP) is 1.31. The maximum absolute atomic E-state index is 12.0. The van der Waals surface area contributed by atoms with Gasteiger partial charge in [0.1, 0.15) is 12.4 Å². The summed E-state index contributed by atoms with van der Waals surface area (Å²) in [7, 11) is 1.72. The summed E-state index contributed by atoms with van der Waals surface area (Å²) in [6.45, 7) is 1.31. The van der Waals surface area contributed by atoms with Gasteiger partial charge in [-0.15, -0.1) is 0 Å². The molecule has 6 heteroatoms. The predicted molar refractivity (Wildman–Crippen MR) is 75.7 cm³/mol. The molecule has 0 spiro atoms. The number of nitrogens with zero attached hydrogens (tertiary/aromatic N) is 1. The number of amides is 2. The van der Waals surface area contributed by atoms with Gasteiger partial charge in [0.25, 0.3) is 0 Å². The van der Waals surface area contributed by atoms with Crippen molar-refractivity contribution < 1.29 is 14.3 Å². The number of hydrogen-bond donors (Lipinski definition) is 1. The summed E-state index contributed by atoms with van der Waals surface area (Å²) in [6.07, 6.45) is 0.279. The summed E-state index contributed by atoms with van der Waals surface area (Å²) < 4.78 is 5.53. The van der Waals surface area contributed by atoms with E-state index in [-0.39, 0.29) is 24.2 Å². The Hall–Kier alpha value is -1.75. The van der Waals surface area contributed by atoms with E-state index >= 15 is 0 Å². The first-order valence-electron chi connectivity index (χ1n) is 6.46. The van der Waals surface area contributed by atoms with Crippen molar-refractivity contribution in [1.82, 2.24) is 10.2 Å². The van der Waals surface area contributed by atoms with Crippen LogP contribution in [0, 0.1) is 5.92 Å². The Balaban J connectivity index is 1.74. The van der Waals surface area contributed by atoms with E-state index < -0.39 is 0 Å². The molecule has 1 aromatic carbocycles. The Kier molecular flexibility index (Phi) is 4.84. The molecule has 0 radical (unpaired) electrons. The zero-order valence-corrected chi connectivity index (χ0v) is 12.0. The Morgan fingerprint density at radius 1 is 1.45 bits per heavy atom. The molecule has 1 saturated heterocycles. The van der Waals surface area contributed by atoms with Crippen LogP contribution in [-0.4, -0.2) is 43.5 Å². The lowest BCUT2D eigenvalue weighted by Crippen LogP contribution is -2.36. The number of likely N-dealkylation sites (N-methyl/N-ethyl adjacent to an activating group) is 1. The van der Waals surface area contributed by atoms with Gasteiger partial charge in [0.05, 0.1) is 12.5 Å². The maximum atomic E-state index is 12.0. The molecule has 0 bridgehead atoms. The molecule has 2 rings (SSSR count). The third-order valence-electron chi connectivity index (χ3n) is 3.21. The molecule has 0 aromatic heterocycles. The average molecular weight is 297 g/mol. The number of nitrogens with one attached hydrogen (secondary N) is 1. The molecule has 20 heavy (non-hydrogen) atoms. The molecule has 1 N–H and O–H groups in total. The highest BCUT2D eigenvalue weighted by Gasteiger charge is 2.29. The Bertz CT molecular complexity index is 490. The van der Waals surface area contributed by atoms with E-state index in [1.54, 1.807) is 36.2 Å². The summed E-state index contributed by atoms with van der Waals surface area (Å²) >= 11 is 5.78. The highest BCUT2D eigenvalue weighted by Crippen LogP contribution is 2.16. The molecule has 2 amide bonds. The molecule has 1 atom stereocenters. The lowest BCUT2D eigenvalue weighted by molar-refractivity contribution is -0.134. The molecule has 0 saturated carbocycles. The van der Waals surface area contributed by atoms with Gasteiger partial charge in [0.15, 0.2) is 0 Å². The molecule has 1 heterocycles. The molecule has 1 aliphatic heterocycles. The molecule has 1 unspecified atom stereocenters. The standard InChI is InChI=1S/C14H17ClN2O3/c1-17(14(19)10-8-13(18)16-9-10)6-7-20-12-4-2-11(15)3-5-12/h2-5,10H,6-9H2,1H3,(H,16,18). The minimum absolute atomic E-state index is 0.0249. The minimum atomic E-state index is -0.247. The van der Waals surface area contributed by atoms with Crippen LogP contribution in [0.3, 0.4) is 0 Å². The minimum Gasteiger partial charge on any atom is -0.492 e. The first-order valence-corrected chi connectivity index (χ1v) is 6.84. The van der Waals surface area contributed by atoms with Gasteiger partial charge in [-0.05, 0) is 24.3 Å². The quantitative estimate of drug-likeness (QED) is 0.891. The molecular formula is C14H17ClN2O3. The number of benzene rings is 1. The van der Waals surface area contributed by atoms with Gasteiger partial charge in [-0.25, -0.2) is 0 Å². The summed E-state index contributed by atoms with van der Waals surface area (Å²) in [5.74, 6) is 0.383. The molecule has 0 aliphatic carbocycles. The highest BCUT2D eigenvalue weighted by molar-refractivity contribution is 6.30. The lowest BCUT2D eigenvalue weighted by atomic mass is 10.1. The number of rotatable bonds is 5. The molecule has 5 nitrogen and oxygen atoms in total. The van der Waals surface area contributed by atoms with E-state index in [1.807, 2.05) is 0 Å². The fraction of sp³-hybridized carbons (Fsp3) is 0.429. The summed E-state index contributed by atoms with van der Waals surface area (Å²) in [5.41, 5.74) is 0. The number of carbonyl (C=O) groups is 2. The normalized spacial score (nSPS) is 17.7. The molecule has 1 aromatic rings. The summed E-state index contributed by atoms with van der Waals surface area (Å²) in [6, 6.07) is 7.07. The fourth-order valence-electron chi connectivity index (χ4n) is 2.03. The van der Waals surface area contributed by atoms with Crippen LogP contribution in [0.4, 0.5) is 0 Å². The smallest absolute Gasteiger partial charge is 0.227 e. The van der Waals surface area contributed by atoms with Crippen LogP contribution < -0.4 is 10.1 Å². The van der Waals surface area contributed by atoms with E-state index in [1.165, 1.54) is 0 Å². The fourth-order valence-corrected chi connectivity index (χ4v) is 2.16. The third-order valence-corrected chi connectivity index (χ3v) is 3.46. The van der Waals surface area contributed by atoms with E-state index in [0.29, 0.717) is 30.5 Å². The van der Waals surface area contributed by atoms with Crippen molar-refractivity contribution in [2.24, 2.45) is 5.92 Å². The van der Waals surface area contributed by atoms with Gasteiger partial charge < -0.3 is 15.0 Å². The Labute approximate surface area is 122 Å². The van der Waals surface area contributed by atoms with Crippen molar-refractivity contribution in [3.63, 3.8) is 0 Å². The number of hydrogen-bond acceptors (Lipinski definition) is 3. The number of ether oxygens (including phenoxy) is 1. The number of halogens is 1. The second kappa shape index (κ2) is 6.61. The van der Waals surface area contributed by atoms with E-state index in [4.69, 9.17) is 16.3 Å². The van der Waals surface area contributed by atoms with Crippen molar-refractivity contribution in [2.45, 2.75) is 6.42 Å². The van der Waals surface area contributed by atoms with Crippen molar-refractivity contribution in [3.8, 4) is 5.75 Å². The van der Waals surface area contributed by atoms with Gasteiger partial charge >= 0.3 is 0 Å². The lowest BCUT2D eigenvalue weighted by Gasteiger charge is -2.20.